The van der Waals surface area contributed by atoms with Gasteiger partial charge in [0.25, 0.3) is 11.1 Å². The van der Waals surface area contributed by atoms with Crippen LogP contribution in [0.15, 0.2) is 64.2 Å². The fraction of sp³-hybridized carbons (Fsp3) is 0.143. The first-order valence-electron chi connectivity index (χ1n) is 9.01. The van der Waals surface area contributed by atoms with Crippen molar-refractivity contribution in [2.75, 3.05) is 0 Å². The second-order valence-electron chi connectivity index (χ2n) is 6.26. The molecule has 150 valence electrons. The highest BCUT2D eigenvalue weighted by atomic mass is 32.2. The molecular weight excluding hydrogens is 405 g/mol. The molecular formula is C21H16FN5O2S. The number of nitriles is 1. The fourth-order valence-electron chi connectivity index (χ4n) is 2.80. The zero-order chi connectivity index (χ0) is 20.9. The number of thioether (sulfide) groups is 1. The number of ether oxygens (including phenoxy) is 1. The first-order valence-corrected chi connectivity index (χ1v) is 10.00. The largest absolute Gasteiger partial charge is 0.484 e. The summed E-state index contributed by atoms with van der Waals surface area (Å²) in [6.07, 6.45) is 0. The van der Waals surface area contributed by atoms with Crippen LogP contribution in [-0.4, -0.2) is 20.0 Å². The van der Waals surface area contributed by atoms with Gasteiger partial charge in [0.15, 0.2) is 6.61 Å². The smallest absolute Gasteiger partial charge is 0.277 e. The third kappa shape index (κ3) is 4.34. The molecule has 0 radical (unpaired) electrons. The number of rotatable bonds is 7. The van der Waals surface area contributed by atoms with Gasteiger partial charge in [-0.05, 0) is 43.3 Å². The van der Waals surface area contributed by atoms with E-state index in [4.69, 9.17) is 9.15 Å². The number of para-hydroxylation sites is 1. The van der Waals surface area contributed by atoms with Crippen molar-refractivity contribution in [2.24, 2.45) is 0 Å². The standard InChI is InChI=1S/C21H16FN5O2S/c1-14-18(11-23)19(27(26-14)16-5-3-2-4-6-16)13-30-21-25-24-20(29-21)12-28-17-9-7-15(22)8-10-17/h2-10H,12-13H2,1H3. The maximum absolute atomic E-state index is 12.9. The zero-order valence-electron chi connectivity index (χ0n) is 15.9. The molecule has 30 heavy (non-hydrogen) atoms. The Morgan fingerprint density at radius 2 is 1.90 bits per heavy atom. The van der Waals surface area contributed by atoms with Gasteiger partial charge < -0.3 is 9.15 Å². The molecule has 0 saturated heterocycles. The highest BCUT2D eigenvalue weighted by molar-refractivity contribution is 7.98. The molecule has 4 aromatic rings. The lowest BCUT2D eigenvalue weighted by Crippen LogP contribution is -2.02. The third-order valence-electron chi connectivity index (χ3n) is 4.23. The predicted molar refractivity (Wildman–Crippen MR) is 108 cm³/mol. The number of nitrogens with zero attached hydrogens (tertiary/aromatic N) is 5. The summed E-state index contributed by atoms with van der Waals surface area (Å²) < 4.78 is 25.8. The summed E-state index contributed by atoms with van der Waals surface area (Å²) in [7, 11) is 0. The van der Waals surface area contributed by atoms with Crippen molar-refractivity contribution < 1.29 is 13.5 Å². The van der Waals surface area contributed by atoms with Crippen molar-refractivity contribution >= 4 is 11.8 Å². The Morgan fingerprint density at radius 1 is 1.13 bits per heavy atom. The number of aromatic nitrogens is 4. The van der Waals surface area contributed by atoms with Gasteiger partial charge in [-0.1, -0.05) is 30.0 Å². The van der Waals surface area contributed by atoms with Crippen LogP contribution in [0.3, 0.4) is 0 Å². The second-order valence-corrected chi connectivity index (χ2v) is 7.19. The van der Waals surface area contributed by atoms with Gasteiger partial charge in [0.05, 0.1) is 22.6 Å². The summed E-state index contributed by atoms with van der Waals surface area (Å²) in [5, 5.41) is 22.4. The molecule has 0 aliphatic heterocycles. The summed E-state index contributed by atoms with van der Waals surface area (Å²) in [6.45, 7) is 1.88. The molecule has 0 N–H and O–H groups in total. The van der Waals surface area contributed by atoms with Crippen LogP contribution < -0.4 is 4.74 Å². The van der Waals surface area contributed by atoms with Crippen LogP contribution in [0.4, 0.5) is 4.39 Å². The molecule has 0 unspecified atom stereocenters. The molecule has 0 bridgehead atoms. The van der Waals surface area contributed by atoms with Gasteiger partial charge in [0, 0.05) is 5.75 Å². The highest BCUT2D eigenvalue weighted by Crippen LogP contribution is 2.27. The average Bonchev–Trinajstić information content (AvgIpc) is 3.36. The zero-order valence-corrected chi connectivity index (χ0v) is 16.8. The van der Waals surface area contributed by atoms with E-state index in [2.05, 4.69) is 21.4 Å². The molecule has 9 heteroatoms. The van der Waals surface area contributed by atoms with E-state index in [1.54, 1.807) is 4.68 Å². The van der Waals surface area contributed by atoms with Gasteiger partial charge >= 0.3 is 0 Å². The molecule has 2 aromatic carbocycles. The van der Waals surface area contributed by atoms with E-state index < -0.39 is 0 Å². The second kappa shape index (κ2) is 8.80. The summed E-state index contributed by atoms with van der Waals surface area (Å²) in [5.74, 6) is 0.902. The molecule has 0 saturated carbocycles. The van der Waals surface area contributed by atoms with Gasteiger partial charge in [0.2, 0.25) is 0 Å². The SMILES string of the molecule is Cc1nn(-c2ccccc2)c(CSc2nnc(COc3ccc(F)cc3)o2)c1C#N. The van der Waals surface area contributed by atoms with Gasteiger partial charge in [-0.3, -0.25) is 0 Å². The molecule has 0 fully saturated rings. The van der Waals surface area contributed by atoms with E-state index in [0.29, 0.717) is 33.9 Å². The minimum atomic E-state index is -0.333. The van der Waals surface area contributed by atoms with Gasteiger partial charge in [-0.2, -0.15) is 10.4 Å². The van der Waals surface area contributed by atoms with Crippen molar-refractivity contribution in [3.05, 3.63) is 83.3 Å². The van der Waals surface area contributed by atoms with Crippen molar-refractivity contribution in [3.63, 3.8) is 0 Å². The van der Waals surface area contributed by atoms with E-state index in [1.165, 1.54) is 36.0 Å². The van der Waals surface area contributed by atoms with Crippen LogP contribution in [-0.2, 0) is 12.4 Å². The van der Waals surface area contributed by atoms with Crippen LogP contribution >= 0.6 is 11.8 Å². The van der Waals surface area contributed by atoms with Crippen LogP contribution in [0.2, 0.25) is 0 Å². The molecule has 0 aliphatic rings. The number of benzene rings is 2. The number of halogens is 1. The summed E-state index contributed by atoms with van der Waals surface area (Å²) in [5.41, 5.74) is 2.83. The highest BCUT2D eigenvalue weighted by Gasteiger charge is 2.18. The normalized spacial score (nSPS) is 10.7. The van der Waals surface area contributed by atoms with Gasteiger partial charge in [-0.15, -0.1) is 10.2 Å². The minimum absolute atomic E-state index is 0.0731. The Kier molecular flexibility index (Phi) is 5.77. The Hall–Kier alpha value is -3.64. The van der Waals surface area contributed by atoms with Crippen LogP contribution in [0.1, 0.15) is 22.8 Å². The molecule has 7 nitrogen and oxygen atoms in total. The average molecular weight is 421 g/mol. The topological polar surface area (TPSA) is 89.8 Å². The van der Waals surface area contributed by atoms with Crippen molar-refractivity contribution in [1.29, 1.82) is 5.26 Å². The Bertz CT molecular complexity index is 1180. The number of hydrogen-bond donors (Lipinski definition) is 0. The Labute approximate surface area is 176 Å². The maximum atomic E-state index is 12.9. The van der Waals surface area contributed by atoms with E-state index in [9.17, 15) is 9.65 Å². The maximum Gasteiger partial charge on any atom is 0.277 e. The number of hydrogen-bond acceptors (Lipinski definition) is 7. The van der Waals surface area contributed by atoms with E-state index in [0.717, 1.165) is 11.4 Å². The van der Waals surface area contributed by atoms with E-state index >= 15 is 0 Å². The van der Waals surface area contributed by atoms with Crippen molar-refractivity contribution in [3.8, 4) is 17.5 Å². The summed E-state index contributed by atoms with van der Waals surface area (Å²) in [6, 6.07) is 17.5. The van der Waals surface area contributed by atoms with Crippen molar-refractivity contribution in [1.82, 2.24) is 20.0 Å². The number of aryl methyl sites for hydroxylation is 1. The first-order chi connectivity index (χ1) is 14.6. The lowest BCUT2D eigenvalue weighted by Gasteiger charge is -2.06. The monoisotopic (exact) mass is 421 g/mol. The van der Waals surface area contributed by atoms with E-state index in [-0.39, 0.29) is 12.4 Å². The minimum Gasteiger partial charge on any atom is -0.484 e. The van der Waals surface area contributed by atoms with Crippen molar-refractivity contribution in [2.45, 2.75) is 24.5 Å². The van der Waals surface area contributed by atoms with Gasteiger partial charge in [-0.25, -0.2) is 9.07 Å². The summed E-state index contributed by atoms with van der Waals surface area (Å²) >= 11 is 1.31. The lowest BCUT2D eigenvalue weighted by molar-refractivity contribution is 0.252. The summed E-state index contributed by atoms with van der Waals surface area (Å²) in [4.78, 5) is 0. The quantitative estimate of drug-likeness (QED) is 0.407. The fourth-order valence-corrected chi connectivity index (χ4v) is 3.58. The van der Waals surface area contributed by atoms with E-state index in [1.807, 2.05) is 37.3 Å². The molecule has 2 heterocycles. The third-order valence-corrected chi connectivity index (χ3v) is 5.05. The van der Waals surface area contributed by atoms with Crippen LogP contribution in [0.5, 0.6) is 5.75 Å². The predicted octanol–water partition coefficient (Wildman–Crippen LogP) is 4.45. The molecule has 0 amide bonds. The molecule has 2 aromatic heterocycles. The van der Waals surface area contributed by atoms with Crippen LogP contribution in [0.25, 0.3) is 5.69 Å². The van der Waals surface area contributed by atoms with Gasteiger partial charge in [0.1, 0.15) is 17.6 Å². The molecule has 0 aliphatic carbocycles. The Balaban J connectivity index is 1.45. The molecule has 0 spiro atoms. The molecule has 4 rings (SSSR count). The Morgan fingerprint density at radius 3 is 2.63 bits per heavy atom. The van der Waals surface area contributed by atoms with Crippen LogP contribution in [0, 0.1) is 24.1 Å². The first kappa shape index (κ1) is 19.7. The lowest BCUT2D eigenvalue weighted by atomic mass is 10.2. The molecule has 0 atom stereocenters.